The lowest BCUT2D eigenvalue weighted by molar-refractivity contribution is -0.135. The molecule has 0 spiro atoms. The van der Waals surface area contributed by atoms with Crippen LogP contribution in [0, 0.1) is 5.92 Å². The molecule has 0 saturated heterocycles. The van der Waals surface area contributed by atoms with E-state index in [9.17, 15) is 4.79 Å². The van der Waals surface area contributed by atoms with Gasteiger partial charge in [0.25, 0.3) is 5.91 Å². The lowest BCUT2D eigenvalue weighted by Gasteiger charge is -2.30. The number of nitrogens with zero attached hydrogens (tertiary/aromatic N) is 4. The van der Waals surface area contributed by atoms with E-state index in [4.69, 9.17) is 9.84 Å². The summed E-state index contributed by atoms with van der Waals surface area (Å²) in [5, 5.41) is 8.97. The first kappa shape index (κ1) is 27.6. The van der Waals surface area contributed by atoms with Crippen LogP contribution in [0.5, 0.6) is 5.75 Å². The van der Waals surface area contributed by atoms with Gasteiger partial charge in [-0.3, -0.25) is 4.79 Å². The Labute approximate surface area is 248 Å². The molecule has 1 aliphatic carbocycles. The van der Waals surface area contributed by atoms with E-state index in [1.165, 1.54) is 11.3 Å². The number of amides is 1. The first-order chi connectivity index (χ1) is 20.4. The molecule has 0 aromatic heterocycles. The van der Waals surface area contributed by atoms with Gasteiger partial charge in [-0.1, -0.05) is 54.6 Å². The van der Waals surface area contributed by atoms with Gasteiger partial charge in [0.05, 0.1) is 11.8 Å². The van der Waals surface area contributed by atoms with E-state index in [0.29, 0.717) is 5.75 Å². The fraction of sp³-hybridized carbons (Fsp3) is 0.278. The van der Waals surface area contributed by atoms with Crippen molar-refractivity contribution in [2.45, 2.75) is 25.3 Å². The molecular formula is C36H38N4O2. The van der Waals surface area contributed by atoms with Crippen molar-refractivity contribution in [2.75, 3.05) is 44.6 Å². The minimum absolute atomic E-state index is 0.0703. The standard InChI is InChI=1S/C36H38N4O2/c1-38(2)30-17-12-25(13-18-30)22-29-10-7-11-33-35(29)37-40(36(33)27-14-19-31(20-15-27)39(3)4)34(41)24-42-32-21-16-26-8-5-6-9-28(26)23-32/h5-6,8-9,12-23,33,36H,7,10-11,24H2,1-4H3/b29-22-/t33-,36+/m1/s1. The Morgan fingerprint density at radius 2 is 1.55 bits per heavy atom. The lowest BCUT2D eigenvalue weighted by Crippen LogP contribution is -2.34. The van der Waals surface area contributed by atoms with Crippen molar-refractivity contribution in [1.29, 1.82) is 0 Å². The Morgan fingerprint density at radius 1 is 0.881 bits per heavy atom. The monoisotopic (exact) mass is 558 g/mol. The summed E-state index contributed by atoms with van der Waals surface area (Å²) in [7, 11) is 8.17. The van der Waals surface area contributed by atoms with E-state index in [-0.39, 0.29) is 24.5 Å². The average molecular weight is 559 g/mol. The summed E-state index contributed by atoms with van der Waals surface area (Å²) in [6, 6.07) is 31.0. The first-order valence-corrected chi connectivity index (χ1v) is 14.6. The molecule has 42 heavy (non-hydrogen) atoms. The summed E-state index contributed by atoms with van der Waals surface area (Å²) >= 11 is 0. The smallest absolute Gasteiger partial charge is 0.281 e. The molecular weight excluding hydrogens is 520 g/mol. The van der Waals surface area contributed by atoms with Crippen LogP contribution in [0.1, 0.15) is 36.4 Å². The molecule has 6 rings (SSSR count). The van der Waals surface area contributed by atoms with E-state index in [0.717, 1.165) is 52.6 Å². The van der Waals surface area contributed by atoms with Gasteiger partial charge in [0.2, 0.25) is 0 Å². The number of allylic oxidation sites excluding steroid dienone is 1. The van der Waals surface area contributed by atoms with Crippen LogP contribution in [0.2, 0.25) is 0 Å². The number of carbonyl (C=O) groups is 1. The van der Waals surface area contributed by atoms with Crippen LogP contribution in [0.25, 0.3) is 16.8 Å². The van der Waals surface area contributed by atoms with E-state index in [1.54, 1.807) is 5.01 Å². The number of benzene rings is 4. The van der Waals surface area contributed by atoms with Crippen molar-refractivity contribution in [3.05, 3.63) is 108 Å². The Hall–Kier alpha value is -4.58. The van der Waals surface area contributed by atoms with E-state index in [1.807, 2.05) is 58.5 Å². The molecule has 1 amide bonds. The second kappa shape index (κ2) is 11.7. The molecule has 1 saturated carbocycles. The molecule has 1 fully saturated rings. The molecule has 4 aromatic rings. The zero-order valence-electron chi connectivity index (χ0n) is 24.8. The first-order valence-electron chi connectivity index (χ1n) is 14.6. The Morgan fingerprint density at radius 3 is 2.24 bits per heavy atom. The van der Waals surface area contributed by atoms with Crippen molar-refractivity contribution in [1.82, 2.24) is 5.01 Å². The summed E-state index contributed by atoms with van der Waals surface area (Å²) in [4.78, 5) is 18.0. The molecule has 0 unspecified atom stereocenters. The second-order valence-corrected chi connectivity index (χ2v) is 11.6. The van der Waals surface area contributed by atoms with Gasteiger partial charge in [0.15, 0.2) is 6.61 Å². The van der Waals surface area contributed by atoms with Crippen molar-refractivity contribution in [3.63, 3.8) is 0 Å². The predicted octanol–water partition coefficient (Wildman–Crippen LogP) is 7.17. The highest BCUT2D eigenvalue weighted by Gasteiger charge is 2.43. The number of hydrazone groups is 1. The fourth-order valence-corrected chi connectivity index (χ4v) is 6.05. The maximum Gasteiger partial charge on any atom is 0.281 e. The molecule has 0 N–H and O–H groups in total. The van der Waals surface area contributed by atoms with Gasteiger partial charge in [0.1, 0.15) is 5.75 Å². The Kier molecular flexibility index (Phi) is 7.70. The second-order valence-electron chi connectivity index (χ2n) is 11.6. The van der Waals surface area contributed by atoms with Gasteiger partial charge in [-0.25, -0.2) is 5.01 Å². The topological polar surface area (TPSA) is 48.4 Å². The zero-order valence-corrected chi connectivity index (χ0v) is 24.8. The lowest BCUT2D eigenvalue weighted by atomic mass is 9.77. The molecule has 4 aromatic carbocycles. The molecule has 1 aliphatic heterocycles. The van der Waals surface area contributed by atoms with Gasteiger partial charge in [-0.2, -0.15) is 5.10 Å². The van der Waals surface area contributed by atoms with E-state index in [2.05, 4.69) is 76.5 Å². The van der Waals surface area contributed by atoms with Gasteiger partial charge in [0, 0.05) is 45.5 Å². The highest BCUT2D eigenvalue weighted by molar-refractivity contribution is 6.08. The summed E-state index contributed by atoms with van der Waals surface area (Å²) in [5.74, 6) is 0.683. The molecule has 214 valence electrons. The Balaban J connectivity index is 1.30. The Bertz CT molecular complexity index is 1640. The molecule has 0 radical (unpaired) electrons. The number of anilines is 2. The zero-order chi connectivity index (χ0) is 29.2. The van der Waals surface area contributed by atoms with Gasteiger partial charge in [-0.15, -0.1) is 0 Å². The largest absolute Gasteiger partial charge is 0.484 e. The summed E-state index contributed by atoms with van der Waals surface area (Å²) in [6.07, 6.45) is 5.25. The number of carbonyl (C=O) groups excluding carboxylic acids is 1. The van der Waals surface area contributed by atoms with Crippen LogP contribution in [0.3, 0.4) is 0 Å². The number of hydrogen-bond acceptors (Lipinski definition) is 5. The highest BCUT2D eigenvalue weighted by Crippen LogP contribution is 2.44. The third kappa shape index (κ3) is 5.62. The quantitative estimate of drug-likeness (QED) is 0.241. The maximum absolute atomic E-state index is 13.8. The molecule has 0 bridgehead atoms. The van der Waals surface area contributed by atoms with Crippen LogP contribution >= 0.6 is 0 Å². The van der Waals surface area contributed by atoms with Crippen molar-refractivity contribution < 1.29 is 9.53 Å². The summed E-state index contributed by atoms with van der Waals surface area (Å²) in [5.41, 5.74) is 6.78. The van der Waals surface area contributed by atoms with Crippen molar-refractivity contribution >= 4 is 39.8 Å². The number of rotatable bonds is 7. The molecule has 6 nitrogen and oxygen atoms in total. The van der Waals surface area contributed by atoms with Crippen LogP contribution in [-0.2, 0) is 4.79 Å². The van der Waals surface area contributed by atoms with E-state index < -0.39 is 0 Å². The molecule has 6 heteroatoms. The minimum Gasteiger partial charge on any atom is -0.484 e. The number of hydrogen-bond donors (Lipinski definition) is 0. The van der Waals surface area contributed by atoms with E-state index >= 15 is 0 Å². The van der Waals surface area contributed by atoms with Gasteiger partial charge < -0.3 is 14.5 Å². The van der Waals surface area contributed by atoms with Crippen LogP contribution in [0.15, 0.2) is 102 Å². The number of fused-ring (bicyclic) bond motifs is 2. The summed E-state index contributed by atoms with van der Waals surface area (Å²) in [6.45, 7) is -0.0703. The van der Waals surface area contributed by atoms with Gasteiger partial charge >= 0.3 is 0 Å². The minimum atomic E-state index is -0.163. The van der Waals surface area contributed by atoms with Crippen molar-refractivity contribution in [3.8, 4) is 5.75 Å². The average Bonchev–Trinajstić information content (AvgIpc) is 3.41. The molecule has 1 heterocycles. The predicted molar refractivity (Wildman–Crippen MR) is 173 cm³/mol. The van der Waals surface area contributed by atoms with Crippen LogP contribution in [-0.4, -0.2) is 51.4 Å². The van der Waals surface area contributed by atoms with Crippen LogP contribution < -0.4 is 14.5 Å². The van der Waals surface area contributed by atoms with Crippen molar-refractivity contribution in [2.24, 2.45) is 11.0 Å². The van der Waals surface area contributed by atoms with Crippen LogP contribution in [0.4, 0.5) is 11.4 Å². The summed E-state index contributed by atoms with van der Waals surface area (Å²) < 4.78 is 6.04. The third-order valence-electron chi connectivity index (χ3n) is 8.34. The molecule has 2 atom stereocenters. The third-order valence-corrected chi connectivity index (χ3v) is 8.34. The maximum atomic E-state index is 13.8. The SMILES string of the molecule is CN(C)c1ccc(/C=C2/CCC[C@@H]3C2=NN(C(=O)COc2ccc4ccccc4c2)[C@H]3c2ccc(N(C)C)cc2)cc1. The normalized spacial score (nSPS) is 19.0. The molecule has 2 aliphatic rings. The number of ether oxygens (including phenoxy) is 1. The highest BCUT2D eigenvalue weighted by atomic mass is 16.5. The van der Waals surface area contributed by atoms with Gasteiger partial charge in [-0.05, 0) is 89.2 Å². The fourth-order valence-electron chi connectivity index (χ4n) is 6.05.